The highest BCUT2D eigenvalue weighted by atomic mass is 35.5. The Balaban J connectivity index is 0.00000280. The van der Waals surface area contributed by atoms with Crippen molar-refractivity contribution >= 4 is 35.7 Å². The Morgan fingerprint density at radius 3 is 2.41 bits per heavy atom. The second-order valence-electron chi connectivity index (χ2n) is 9.81. The molecular formula is C29H29ClN2O5. The molecule has 6 rings (SSSR count). The van der Waals surface area contributed by atoms with Crippen LogP contribution in [0.1, 0.15) is 35.4 Å². The molecule has 0 radical (unpaired) electrons. The number of ether oxygens (including phenoxy) is 2. The first-order valence-electron chi connectivity index (χ1n) is 12.2. The van der Waals surface area contributed by atoms with Gasteiger partial charge >= 0.3 is 11.9 Å². The number of furan rings is 1. The zero-order valence-corrected chi connectivity index (χ0v) is 21.6. The summed E-state index contributed by atoms with van der Waals surface area (Å²) in [6, 6.07) is 20.2. The zero-order valence-electron chi connectivity index (χ0n) is 20.8. The molecule has 3 aromatic rings. The highest BCUT2D eigenvalue weighted by Crippen LogP contribution is 2.63. The molecule has 2 aliphatic heterocycles. The summed E-state index contributed by atoms with van der Waals surface area (Å²) in [4.78, 5) is 35.1. The highest BCUT2D eigenvalue weighted by molar-refractivity contribution is 6.28. The first-order chi connectivity index (χ1) is 17.6. The molecule has 37 heavy (non-hydrogen) atoms. The van der Waals surface area contributed by atoms with Crippen molar-refractivity contribution in [3.8, 4) is 0 Å². The van der Waals surface area contributed by atoms with Crippen LogP contribution in [0, 0.1) is 5.41 Å². The molecule has 2 fully saturated rings. The number of carbonyl (C=O) groups is 2. The van der Waals surface area contributed by atoms with Crippen molar-refractivity contribution in [1.29, 1.82) is 0 Å². The summed E-state index contributed by atoms with van der Waals surface area (Å²) < 4.78 is 16.1. The predicted molar refractivity (Wildman–Crippen MR) is 140 cm³/mol. The molecule has 1 spiro atoms. The molecular weight excluding hydrogens is 492 g/mol. The number of methoxy groups -OCH3 is 2. The summed E-state index contributed by atoms with van der Waals surface area (Å²) in [5.41, 5.74) is 2.04. The molecule has 3 heterocycles. The number of halogens is 1. The fourth-order valence-electron chi connectivity index (χ4n) is 6.95. The normalized spacial score (nSPS) is 25.2. The third-order valence-corrected chi connectivity index (χ3v) is 8.39. The van der Waals surface area contributed by atoms with Gasteiger partial charge in [-0.05, 0) is 41.7 Å². The second-order valence-corrected chi connectivity index (χ2v) is 9.81. The summed E-state index contributed by atoms with van der Waals surface area (Å²) in [6.07, 6.45) is 4.47. The molecule has 0 bridgehead atoms. The van der Waals surface area contributed by atoms with Gasteiger partial charge in [-0.1, -0.05) is 48.5 Å². The lowest BCUT2D eigenvalue weighted by Crippen LogP contribution is -2.65. The van der Waals surface area contributed by atoms with Gasteiger partial charge in [-0.15, -0.1) is 12.4 Å². The van der Waals surface area contributed by atoms with Gasteiger partial charge in [0.25, 0.3) is 0 Å². The maximum atomic E-state index is 13.8. The molecule has 3 aliphatic rings. The first-order valence-corrected chi connectivity index (χ1v) is 12.2. The Morgan fingerprint density at radius 2 is 1.73 bits per heavy atom. The van der Waals surface area contributed by atoms with Crippen LogP contribution in [0.4, 0.5) is 5.69 Å². The van der Waals surface area contributed by atoms with Crippen molar-refractivity contribution in [2.75, 3.05) is 20.8 Å². The number of likely N-dealkylation sites (tertiary alicyclic amines) is 1. The van der Waals surface area contributed by atoms with Crippen molar-refractivity contribution in [3.05, 3.63) is 89.9 Å². The van der Waals surface area contributed by atoms with E-state index >= 15 is 0 Å². The SMILES string of the molecule is COC(=O)C1(C(=O)OC)C2=Nc3ccccc3[C@@]23CCN(Cc2ccccc2)C3C[C@H]1c1ccoc1.Cl. The van der Waals surface area contributed by atoms with Crippen molar-refractivity contribution < 1.29 is 23.5 Å². The predicted octanol–water partition coefficient (Wildman–Crippen LogP) is 4.82. The van der Waals surface area contributed by atoms with Crippen molar-refractivity contribution in [3.63, 3.8) is 0 Å². The van der Waals surface area contributed by atoms with Gasteiger partial charge < -0.3 is 13.9 Å². The van der Waals surface area contributed by atoms with Crippen LogP contribution < -0.4 is 0 Å². The number of nitrogens with zero attached hydrogens (tertiary/aromatic N) is 2. The molecule has 3 atom stereocenters. The second kappa shape index (κ2) is 9.47. The van der Waals surface area contributed by atoms with Crippen LogP contribution in [0.15, 0.2) is 82.6 Å². The number of carbonyl (C=O) groups excluding carboxylic acids is 2. The number of hydrogen-bond donors (Lipinski definition) is 0. The van der Waals surface area contributed by atoms with Crippen molar-refractivity contribution in [1.82, 2.24) is 4.90 Å². The lowest BCUT2D eigenvalue weighted by atomic mass is 9.51. The van der Waals surface area contributed by atoms with E-state index in [0.717, 1.165) is 36.3 Å². The minimum absolute atomic E-state index is 0. The van der Waals surface area contributed by atoms with Crippen LogP contribution in [-0.2, 0) is 31.0 Å². The van der Waals surface area contributed by atoms with Gasteiger partial charge in [-0.3, -0.25) is 19.5 Å². The molecule has 1 aliphatic carbocycles. The van der Waals surface area contributed by atoms with Crippen molar-refractivity contribution in [2.24, 2.45) is 10.4 Å². The average Bonchev–Trinajstić information content (AvgIpc) is 3.65. The summed E-state index contributed by atoms with van der Waals surface area (Å²) in [5.74, 6) is -1.85. The number of rotatable bonds is 5. The van der Waals surface area contributed by atoms with Gasteiger partial charge in [0.2, 0.25) is 5.41 Å². The van der Waals surface area contributed by atoms with E-state index in [4.69, 9.17) is 18.9 Å². The number of esters is 2. The van der Waals surface area contributed by atoms with E-state index in [9.17, 15) is 9.59 Å². The van der Waals surface area contributed by atoms with Gasteiger partial charge in [-0.2, -0.15) is 0 Å². The van der Waals surface area contributed by atoms with E-state index in [2.05, 4.69) is 23.1 Å². The van der Waals surface area contributed by atoms with Crippen LogP contribution >= 0.6 is 12.4 Å². The average molecular weight is 521 g/mol. The Morgan fingerprint density at radius 1 is 1.03 bits per heavy atom. The fraction of sp³-hybridized carbons (Fsp3) is 0.345. The van der Waals surface area contributed by atoms with Crippen LogP contribution in [0.3, 0.4) is 0 Å². The van der Waals surface area contributed by atoms with Crippen LogP contribution in [0.25, 0.3) is 0 Å². The number of para-hydroxylation sites is 1. The zero-order chi connectivity index (χ0) is 24.9. The van der Waals surface area contributed by atoms with Gasteiger partial charge in [0.05, 0.1) is 43.6 Å². The summed E-state index contributed by atoms with van der Waals surface area (Å²) in [5, 5.41) is 0. The van der Waals surface area contributed by atoms with Gasteiger partial charge in [0, 0.05) is 25.0 Å². The van der Waals surface area contributed by atoms with Gasteiger partial charge in [0.15, 0.2) is 0 Å². The molecule has 0 amide bonds. The minimum atomic E-state index is -1.72. The van der Waals surface area contributed by atoms with E-state index in [1.54, 1.807) is 12.5 Å². The summed E-state index contributed by atoms with van der Waals surface area (Å²) in [6.45, 7) is 1.58. The van der Waals surface area contributed by atoms with Crippen molar-refractivity contribution in [2.45, 2.75) is 36.8 Å². The molecule has 1 aromatic heterocycles. The molecule has 8 heteroatoms. The van der Waals surface area contributed by atoms with E-state index in [-0.39, 0.29) is 18.4 Å². The maximum Gasteiger partial charge on any atom is 0.329 e. The topological polar surface area (TPSA) is 81.3 Å². The van der Waals surface area contributed by atoms with E-state index in [0.29, 0.717) is 12.1 Å². The van der Waals surface area contributed by atoms with Gasteiger partial charge in [0.1, 0.15) is 0 Å². The van der Waals surface area contributed by atoms with E-state index in [1.807, 2.05) is 42.5 Å². The molecule has 192 valence electrons. The quantitative estimate of drug-likeness (QED) is 0.354. The molecule has 7 nitrogen and oxygen atoms in total. The lowest BCUT2D eigenvalue weighted by Gasteiger charge is -2.51. The van der Waals surface area contributed by atoms with Gasteiger partial charge in [-0.25, -0.2) is 0 Å². The van der Waals surface area contributed by atoms with Crippen LogP contribution in [0.2, 0.25) is 0 Å². The largest absolute Gasteiger partial charge is 0.472 e. The molecule has 1 unspecified atom stereocenters. The van der Waals surface area contributed by atoms with Crippen LogP contribution in [-0.4, -0.2) is 49.4 Å². The third-order valence-electron chi connectivity index (χ3n) is 8.39. The highest BCUT2D eigenvalue weighted by Gasteiger charge is 2.73. The molecule has 0 N–H and O–H groups in total. The van der Waals surface area contributed by atoms with Crippen LogP contribution in [0.5, 0.6) is 0 Å². The number of aliphatic imine (C=N–C) groups is 1. The smallest absolute Gasteiger partial charge is 0.329 e. The molecule has 1 saturated heterocycles. The third kappa shape index (κ3) is 3.41. The number of hydrogen-bond acceptors (Lipinski definition) is 7. The van der Waals surface area contributed by atoms with E-state index in [1.165, 1.54) is 19.8 Å². The Hall–Kier alpha value is -3.42. The minimum Gasteiger partial charge on any atom is -0.472 e. The lowest BCUT2D eigenvalue weighted by molar-refractivity contribution is -0.166. The summed E-state index contributed by atoms with van der Waals surface area (Å²) in [7, 11) is 2.63. The standard InChI is InChI=1S/C29H28N2O5.ClH/c1-34-26(32)29(27(33)35-2)22(20-12-15-36-18-20)16-24-28(21-10-6-7-11-23(21)30-25(28)29)13-14-31(24)17-19-8-4-3-5-9-19;/h3-12,15,18,22,24H,13-14,16-17H2,1-2H3;1H/t22-,24?,28+;/m0./s1. The monoisotopic (exact) mass is 520 g/mol. The fourth-order valence-corrected chi connectivity index (χ4v) is 6.95. The molecule has 2 aromatic carbocycles. The summed E-state index contributed by atoms with van der Waals surface area (Å²) >= 11 is 0. The van der Waals surface area contributed by atoms with E-state index < -0.39 is 28.7 Å². The number of fused-ring (bicyclic) bond motifs is 1. The molecule has 1 saturated carbocycles. The Labute approximate surface area is 221 Å². The Bertz CT molecular complexity index is 1320. The Kier molecular flexibility index (Phi) is 6.46. The maximum absolute atomic E-state index is 13.8. The first kappa shape index (κ1) is 25.2. The number of benzene rings is 2.